The number of fused-ring (bicyclic) bond motifs is 1. The molecule has 1 aromatic heterocycles. The van der Waals surface area contributed by atoms with Gasteiger partial charge in [0, 0.05) is 18.0 Å². The lowest BCUT2D eigenvalue weighted by molar-refractivity contribution is -0.137. The Morgan fingerprint density at radius 3 is 2.60 bits per heavy atom. The first-order valence-electron chi connectivity index (χ1n) is 7.73. The average molecular weight is 344 g/mol. The largest absolute Gasteiger partial charge is 0.416 e. The Hall–Kier alpha value is -2.89. The summed E-state index contributed by atoms with van der Waals surface area (Å²) in [5, 5.41) is 3.68. The van der Waals surface area contributed by atoms with Crippen molar-refractivity contribution in [2.45, 2.75) is 19.0 Å². The first-order valence-corrected chi connectivity index (χ1v) is 7.73. The van der Waals surface area contributed by atoms with Crippen molar-refractivity contribution in [3.8, 4) is 0 Å². The summed E-state index contributed by atoms with van der Waals surface area (Å²) < 4.78 is 38.1. The molecule has 0 aliphatic carbocycles. The number of hydrogen-bond donors (Lipinski definition) is 1. The van der Waals surface area contributed by atoms with E-state index in [1.807, 2.05) is 24.3 Å². The van der Waals surface area contributed by atoms with Crippen molar-refractivity contribution in [1.29, 1.82) is 0 Å². The predicted molar refractivity (Wildman–Crippen MR) is 90.1 cm³/mol. The van der Waals surface area contributed by atoms with Gasteiger partial charge in [-0.05, 0) is 30.2 Å². The van der Waals surface area contributed by atoms with E-state index in [2.05, 4.69) is 10.3 Å². The fourth-order valence-electron chi connectivity index (χ4n) is 2.58. The number of aryl methyl sites for hydroxylation is 1. The molecular weight excluding hydrogens is 329 g/mol. The molecule has 0 aliphatic heterocycles. The van der Waals surface area contributed by atoms with Crippen LogP contribution in [0.2, 0.25) is 0 Å². The highest BCUT2D eigenvalue weighted by Gasteiger charge is 2.30. The van der Waals surface area contributed by atoms with E-state index in [0.717, 1.165) is 17.5 Å². The van der Waals surface area contributed by atoms with Crippen LogP contribution >= 0.6 is 0 Å². The smallest absolute Gasteiger partial charge is 0.324 e. The summed E-state index contributed by atoms with van der Waals surface area (Å²) in [5.41, 5.74) is 1.04. The lowest BCUT2D eigenvalue weighted by atomic mass is 10.1. The normalized spacial score (nSPS) is 11.5. The molecule has 25 heavy (non-hydrogen) atoms. The van der Waals surface area contributed by atoms with Crippen LogP contribution in [0.4, 0.5) is 18.9 Å². The van der Waals surface area contributed by atoms with Gasteiger partial charge in [-0.3, -0.25) is 9.78 Å². The molecule has 1 heterocycles. The van der Waals surface area contributed by atoms with E-state index in [-0.39, 0.29) is 18.7 Å². The molecule has 0 bridgehead atoms. The Kier molecular flexibility index (Phi) is 4.70. The second-order valence-corrected chi connectivity index (χ2v) is 5.63. The number of rotatable bonds is 4. The van der Waals surface area contributed by atoms with Gasteiger partial charge >= 0.3 is 6.18 Å². The molecule has 0 saturated heterocycles. The molecule has 0 unspecified atom stereocenters. The molecule has 1 amide bonds. The van der Waals surface area contributed by atoms with Crippen LogP contribution < -0.4 is 5.32 Å². The van der Waals surface area contributed by atoms with Gasteiger partial charge in [-0.15, -0.1) is 0 Å². The molecule has 0 atom stereocenters. The minimum atomic E-state index is -4.38. The maximum Gasteiger partial charge on any atom is 0.416 e. The third-order valence-electron chi connectivity index (χ3n) is 3.80. The lowest BCUT2D eigenvalue weighted by Crippen LogP contribution is -2.13. The van der Waals surface area contributed by atoms with Gasteiger partial charge in [0.05, 0.1) is 16.8 Å². The Morgan fingerprint density at radius 2 is 1.80 bits per heavy atom. The molecular formula is C19H15F3N2O. The molecule has 0 spiro atoms. The predicted octanol–water partition coefficient (Wildman–Crippen LogP) is 4.82. The number of carbonyl (C=O) groups excluding carboxylic acids is 1. The van der Waals surface area contributed by atoms with E-state index in [1.54, 1.807) is 18.3 Å². The fourth-order valence-corrected chi connectivity index (χ4v) is 2.58. The number of alkyl halides is 3. The summed E-state index contributed by atoms with van der Waals surface area (Å²) in [7, 11) is 0. The number of anilines is 1. The standard InChI is InChI=1S/C19H15F3N2O/c20-19(21,22)15-7-1-4-13(12-15)9-10-17(25)24-16-8-2-5-14-6-3-11-23-18(14)16/h1-8,11-12H,9-10H2,(H,24,25). The van der Waals surface area contributed by atoms with Gasteiger partial charge in [-0.25, -0.2) is 0 Å². The highest BCUT2D eigenvalue weighted by molar-refractivity contribution is 6.00. The zero-order valence-electron chi connectivity index (χ0n) is 13.2. The number of amides is 1. The van der Waals surface area contributed by atoms with E-state index in [1.165, 1.54) is 6.07 Å². The summed E-state index contributed by atoms with van der Waals surface area (Å²) in [4.78, 5) is 16.4. The summed E-state index contributed by atoms with van der Waals surface area (Å²) in [5.74, 6) is -0.268. The Morgan fingerprint density at radius 1 is 1.04 bits per heavy atom. The third kappa shape index (κ3) is 4.15. The number of aromatic nitrogens is 1. The number of halogens is 3. The van der Waals surface area contributed by atoms with Crippen molar-refractivity contribution in [3.63, 3.8) is 0 Å². The van der Waals surface area contributed by atoms with Crippen LogP contribution in [0.25, 0.3) is 10.9 Å². The van der Waals surface area contributed by atoms with E-state index in [9.17, 15) is 18.0 Å². The average Bonchev–Trinajstić information content (AvgIpc) is 2.60. The number of para-hydroxylation sites is 1. The van der Waals surface area contributed by atoms with Gasteiger partial charge in [0.25, 0.3) is 0 Å². The minimum absolute atomic E-state index is 0.0878. The SMILES string of the molecule is O=C(CCc1cccc(C(F)(F)F)c1)Nc1cccc2cccnc12. The van der Waals surface area contributed by atoms with Crippen molar-refractivity contribution in [3.05, 3.63) is 71.9 Å². The Labute approximate surface area is 142 Å². The van der Waals surface area contributed by atoms with Gasteiger partial charge in [0.15, 0.2) is 0 Å². The van der Waals surface area contributed by atoms with Crippen LogP contribution in [0.3, 0.4) is 0 Å². The highest BCUT2D eigenvalue weighted by Crippen LogP contribution is 2.29. The Balaban J connectivity index is 1.67. The number of nitrogens with zero attached hydrogens (tertiary/aromatic N) is 1. The number of carbonyl (C=O) groups is 1. The van der Waals surface area contributed by atoms with Gasteiger partial charge in [0.1, 0.15) is 0 Å². The molecule has 3 rings (SSSR count). The van der Waals surface area contributed by atoms with E-state index in [0.29, 0.717) is 16.8 Å². The van der Waals surface area contributed by atoms with Gasteiger partial charge in [-0.2, -0.15) is 13.2 Å². The van der Waals surface area contributed by atoms with Crippen LogP contribution in [0.1, 0.15) is 17.5 Å². The molecule has 128 valence electrons. The van der Waals surface area contributed by atoms with E-state index in [4.69, 9.17) is 0 Å². The fraction of sp³-hybridized carbons (Fsp3) is 0.158. The van der Waals surface area contributed by atoms with Crippen LogP contribution in [0.15, 0.2) is 60.8 Å². The van der Waals surface area contributed by atoms with Crippen LogP contribution in [-0.4, -0.2) is 10.9 Å². The van der Waals surface area contributed by atoms with Crippen LogP contribution in [-0.2, 0) is 17.4 Å². The zero-order chi connectivity index (χ0) is 17.9. The molecule has 1 N–H and O–H groups in total. The number of pyridine rings is 1. The van der Waals surface area contributed by atoms with Gasteiger partial charge in [0.2, 0.25) is 5.91 Å². The topological polar surface area (TPSA) is 42.0 Å². The maximum atomic E-state index is 12.7. The zero-order valence-corrected chi connectivity index (χ0v) is 13.2. The molecule has 0 saturated carbocycles. The first-order chi connectivity index (χ1) is 11.9. The second-order valence-electron chi connectivity index (χ2n) is 5.63. The molecule has 0 fully saturated rings. The third-order valence-corrected chi connectivity index (χ3v) is 3.80. The second kappa shape index (κ2) is 6.93. The summed E-state index contributed by atoms with van der Waals surface area (Å²) >= 11 is 0. The van der Waals surface area contributed by atoms with E-state index >= 15 is 0 Å². The van der Waals surface area contributed by atoms with Crippen molar-refractivity contribution < 1.29 is 18.0 Å². The number of nitrogens with one attached hydrogen (secondary N) is 1. The molecule has 6 heteroatoms. The number of benzene rings is 2. The van der Waals surface area contributed by atoms with Gasteiger partial charge in [-0.1, -0.05) is 36.4 Å². The summed E-state index contributed by atoms with van der Waals surface area (Å²) in [6.45, 7) is 0. The monoisotopic (exact) mass is 344 g/mol. The van der Waals surface area contributed by atoms with Crippen molar-refractivity contribution in [1.82, 2.24) is 4.98 Å². The van der Waals surface area contributed by atoms with E-state index < -0.39 is 11.7 Å². The van der Waals surface area contributed by atoms with Crippen molar-refractivity contribution in [2.24, 2.45) is 0 Å². The molecule has 3 nitrogen and oxygen atoms in total. The molecule has 2 aromatic carbocycles. The van der Waals surface area contributed by atoms with Crippen LogP contribution in [0.5, 0.6) is 0 Å². The highest BCUT2D eigenvalue weighted by atomic mass is 19.4. The molecule has 3 aromatic rings. The Bertz CT molecular complexity index is 901. The minimum Gasteiger partial charge on any atom is -0.324 e. The van der Waals surface area contributed by atoms with Crippen LogP contribution in [0, 0.1) is 0 Å². The van der Waals surface area contributed by atoms with Gasteiger partial charge < -0.3 is 5.32 Å². The first kappa shape index (κ1) is 17.0. The lowest BCUT2D eigenvalue weighted by Gasteiger charge is -2.10. The van der Waals surface area contributed by atoms with Crippen molar-refractivity contribution in [2.75, 3.05) is 5.32 Å². The molecule has 0 aliphatic rings. The number of hydrogen-bond acceptors (Lipinski definition) is 2. The quantitative estimate of drug-likeness (QED) is 0.737. The molecule has 0 radical (unpaired) electrons. The van der Waals surface area contributed by atoms with Crippen molar-refractivity contribution >= 4 is 22.5 Å². The summed E-state index contributed by atoms with van der Waals surface area (Å²) in [6, 6.07) is 14.2. The maximum absolute atomic E-state index is 12.7. The summed E-state index contributed by atoms with van der Waals surface area (Å²) in [6.07, 6.45) is -2.42.